The minimum absolute atomic E-state index is 0.0912. The smallest absolute Gasteiger partial charge is 0.234 e. The van der Waals surface area contributed by atoms with Gasteiger partial charge in [0.25, 0.3) is 0 Å². The number of aliphatic hydroxyl groups is 1. The summed E-state index contributed by atoms with van der Waals surface area (Å²) in [6, 6.07) is 13.7. The molecule has 0 atom stereocenters. The Balaban J connectivity index is 1.66. The lowest BCUT2D eigenvalue weighted by Gasteiger charge is -2.10. The van der Waals surface area contributed by atoms with Crippen molar-refractivity contribution < 1.29 is 14.6 Å². The number of rotatable bonds is 8. The number of imidazole rings is 1. The lowest BCUT2D eigenvalue weighted by Crippen LogP contribution is -2.15. The second-order valence-corrected chi connectivity index (χ2v) is 7.75. The Morgan fingerprint density at radius 1 is 1.21 bits per heavy atom. The molecule has 3 aromatic rings. The number of aryl methyl sites for hydroxylation is 2. The average Bonchev–Trinajstić information content (AvgIpc) is 3.11. The number of hydrogen-bond donors (Lipinski definition) is 2. The Kier molecular flexibility index (Phi) is 6.95. The molecule has 29 heavy (non-hydrogen) atoms. The van der Waals surface area contributed by atoms with Crippen LogP contribution in [-0.4, -0.2) is 33.4 Å². The van der Waals surface area contributed by atoms with Gasteiger partial charge in [-0.3, -0.25) is 4.79 Å². The van der Waals surface area contributed by atoms with E-state index in [1.54, 1.807) is 7.11 Å². The molecule has 0 fully saturated rings. The Morgan fingerprint density at radius 3 is 2.62 bits per heavy atom. The molecule has 0 unspecified atom stereocenters. The van der Waals surface area contributed by atoms with Gasteiger partial charge in [-0.05, 0) is 43.2 Å². The number of hydrogen-bond acceptors (Lipinski definition) is 5. The number of methoxy groups -OCH3 is 1. The Bertz CT molecular complexity index is 983. The molecule has 6 nitrogen and oxygen atoms in total. The van der Waals surface area contributed by atoms with E-state index in [0.29, 0.717) is 17.4 Å². The third-order valence-electron chi connectivity index (χ3n) is 4.45. The summed E-state index contributed by atoms with van der Waals surface area (Å²) in [6.07, 6.45) is 1.81. The van der Waals surface area contributed by atoms with Crippen molar-refractivity contribution in [1.82, 2.24) is 9.55 Å². The summed E-state index contributed by atoms with van der Waals surface area (Å²) >= 11 is 1.35. The lowest BCUT2D eigenvalue weighted by atomic mass is 10.1. The maximum absolute atomic E-state index is 12.4. The van der Waals surface area contributed by atoms with E-state index in [1.165, 1.54) is 11.8 Å². The number of nitrogens with zero attached hydrogens (tertiary/aromatic N) is 2. The van der Waals surface area contributed by atoms with Gasteiger partial charge in [0.15, 0.2) is 5.16 Å². The van der Waals surface area contributed by atoms with Crippen LogP contribution < -0.4 is 10.1 Å². The van der Waals surface area contributed by atoms with Crippen molar-refractivity contribution in [3.63, 3.8) is 0 Å². The normalized spacial score (nSPS) is 10.8. The quantitative estimate of drug-likeness (QED) is 0.552. The lowest BCUT2D eigenvalue weighted by molar-refractivity contribution is -0.113. The van der Waals surface area contributed by atoms with Crippen LogP contribution in [0.3, 0.4) is 0 Å². The Hall–Kier alpha value is -2.77. The molecule has 152 valence electrons. The largest absolute Gasteiger partial charge is 0.497 e. The maximum atomic E-state index is 12.4. The number of carbonyl (C=O) groups is 1. The first kappa shape index (κ1) is 21.0. The van der Waals surface area contributed by atoms with E-state index >= 15 is 0 Å². The maximum Gasteiger partial charge on any atom is 0.234 e. The van der Waals surface area contributed by atoms with Crippen LogP contribution in [0.2, 0.25) is 0 Å². The second-order valence-electron chi connectivity index (χ2n) is 6.80. The number of aliphatic hydroxyl groups excluding tert-OH is 1. The van der Waals surface area contributed by atoms with Crippen molar-refractivity contribution in [2.24, 2.45) is 0 Å². The third-order valence-corrected chi connectivity index (χ3v) is 5.44. The fraction of sp³-hybridized carbons (Fsp3) is 0.273. The predicted molar refractivity (Wildman–Crippen MR) is 116 cm³/mol. The van der Waals surface area contributed by atoms with E-state index in [2.05, 4.69) is 10.3 Å². The van der Waals surface area contributed by atoms with E-state index in [9.17, 15) is 9.90 Å². The van der Waals surface area contributed by atoms with Crippen LogP contribution in [0.5, 0.6) is 5.75 Å². The molecule has 0 spiro atoms. The van der Waals surface area contributed by atoms with Crippen LogP contribution in [0.25, 0.3) is 0 Å². The Labute approximate surface area is 174 Å². The summed E-state index contributed by atoms with van der Waals surface area (Å²) in [5.41, 5.74) is 4.67. The van der Waals surface area contributed by atoms with Gasteiger partial charge in [-0.2, -0.15) is 0 Å². The molecule has 0 saturated carbocycles. The fourth-order valence-electron chi connectivity index (χ4n) is 2.95. The van der Waals surface area contributed by atoms with Gasteiger partial charge in [0.05, 0.1) is 25.2 Å². The van der Waals surface area contributed by atoms with Crippen molar-refractivity contribution in [2.75, 3.05) is 18.2 Å². The molecule has 0 aliphatic rings. The van der Waals surface area contributed by atoms with Gasteiger partial charge in [-0.1, -0.05) is 41.6 Å². The number of ether oxygens (including phenoxy) is 1. The summed E-state index contributed by atoms with van der Waals surface area (Å²) in [6.45, 7) is 4.45. The first-order chi connectivity index (χ1) is 14.0. The van der Waals surface area contributed by atoms with Gasteiger partial charge in [0.1, 0.15) is 5.75 Å². The molecule has 3 rings (SSSR count). The fourth-order valence-corrected chi connectivity index (χ4v) is 3.75. The summed E-state index contributed by atoms with van der Waals surface area (Å²) in [4.78, 5) is 16.8. The zero-order chi connectivity index (χ0) is 20.8. The minimum Gasteiger partial charge on any atom is -0.497 e. The topological polar surface area (TPSA) is 76.4 Å². The molecule has 2 N–H and O–H groups in total. The first-order valence-corrected chi connectivity index (χ1v) is 10.3. The summed E-state index contributed by atoms with van der Waals surface area (Å²) in [5.74, 6) is 0.942. The zero-order valence-corrected chi connectivity index (χ0v) is 17.6. The van der Waals surface area contributed by atoms with Gasteiger partial charge in [-0.15, -0.1) is 0 Å². The molecular formula is C22H25N3O3S. The standard InChI is InChI=1S/C22H25N3O3S/c1-15-4-9-20(16(2)10-15)24-21(27)14-29-22-23-18(13-26)12-25(22)11-17-5-7-19(28-3)8-6-17/h4-10,12,26H,11,13-14H2,1-3H3,(H,24,27). The van der Waals surface area contributed by atoms with Crippen LogP contribution >= 0.6 is 11.8 Å². The number of amides is 1. The van der Waals surface area contributed by atoms with Gasteiger partial charge in [0.2, 0.25) is 5.91 Å². The molecule has 1 aromatic heterocycles. The number of thioether (sulfide) groups is 1. The van der Waals surface area contributed by atoms with Crippen molar-refractivity contribution >= 4 is 23.4 Å². The van der Waals surface area contributed by atoms with E-state index in [0.717, 1.165) is 28.1 Å². The monoisotopic (exact) mass is 411 g/mol. The molecule has 0 aliphatic heterocycles. The van der Waals surface area contributed by atoms with E-state index in [1.807, 2.05) is 67.1 Å². The van der Waals surface area contributed by atoms with Crippen molar-refractivity contribution in [3.05, 3.63) is 71.0 Å². The molecule has 1 amide bonds. The number of benzene rings is 2. The van der Waals surface area contributed by atoms with Crippen molar-refractivity contribution in [1.29, 1.82) is 0 Å². The van der Waals surface area contributed by atoms with Gasteiger partial charge < -0.3 is 19.7 Å². The Morgan fingerprint density at radius 2 is 1.97 bits per heavy atom. The van der Waals surface area contributed by atoms with Crippen molar-refractivity contribution in [3.8, 4) is 5.75 Å². The highest BCUT2D eigenvalue weighted by Gasteiger charge is 2.12. The molecule has 0 bridgehead atoms. The summed E-state index contributed by atoms with van der Waals surface area (Å²) < 4.78 is 7.14. The van der Waals surface area contributed by atoms with Gasteiger partial charge in [0, 0.05) is 18.4 Å². The molecule has 0 saturated heterocycles. The average molecular weight is 412 g/mol. The van der Waals surface area contributed by atoms with Crippen molar-refractivity contribution in [2.45, 2.75) is 32.2 Å². The van der Waals surface area contributed by atoms with E-state index in [4.69, 9.17) is 4.74 Å². The van der Waals surface area contributed by atoms with Crippen LogP contribution in [-0.2, 0) is 17.9 Å². The van der Waals surface area contributed by atoms with Crippen LogP contribution in [0.15, 0.2) is 53.8 Å². The molecule has 1 heterocycles. The second kappa shape index (κ2) is 9.62. The van der Waals surface area contributed by atoms with Gasteiger partial charge in [-0.25, -0.2) is 4.98 Å². The third kappa shape index (κ3) is 5.62. The highest BCUT2D eigenvalue weighted by molar-refractivity contribution is 7.99. The predicted octanol–water partition coefficient (Wildman–Crippen LogP) is 3.78. The van der Waals surface area contributed by atoms with E-state index in [-0.39, 0.29) is 18.3 Å². The molecule has 0 aliphatic carbocycles. The zero-order valence-electron chi connectivity index (χ0n) is 16.8. The van der Waals surface area contributed by atoms with Crippen LogP contribution in [0, 0.1) is 13.8 Å². The molecule has 2 aromatic carbocycles. The van der Waals surface area contributed by atoms with Crippen LogP contribution in [0.4, 0.5) is 5.69 Å². The summed E-state index contributed by atoms with van der Waals surface area (Å²) in [5, 5.41) is 13.1. The first-order valence-electron chi connectivity index (χ1n) is 9.28. The number of anilines is 1. The number of carbonyl (C=O) groups excluding carboxylic acids is 1. The van der Waals surface area contributed by atoms with E-state index < -0.39 is 0 Å². The SMILES string of the molecule is COc1ccc(Cn2cc(CO)nc2SCC(=O)Nc2ccc(C)cc2C)cc1. The molecular weight excluding hydrogens is 386 g/mol. The highest BCUT2D eigenvalue weighted by atomic mass is 32.2. The van der Waals surface area contributed by atoms with Gasteiger partial charge >= 0.3 is 0 Å². The molecule has 7 heteroatoms. The number of nitrogens with one attached hydrogen (secondary N) is 1. The number of aromatic nitrogens is 2. The summed E-state index contributed by atoms with van der Waals surface area (Å²) in [7, 11) is 1.64. The minimum atomic E-state index is -0.141. The highest BCUT2D eigenvalue weighted by Crippen LogP contribution is 2.22. The molecule has 0 radical (unpaired) electrons. The van der Waals surface area contributed by atoms with Crippen LogP contribution in [0.1, 0.15) is 22.4 Å².